The van der Waals surface area contributed by atoms with E-state index in [4.69, 9.17) is 0 Å². The number of imidazole rings is 2. The minimum atomic E-state index is -0.266. The second kappa shape index (κ2) is 23.3. The summed E-state index contributed by atoms with van der Waals surface area (Å²) in [6.45, 7) is 8.63. The van der Waals surface area contributed by atoms with Crippen molar-refractivity contribution in [2.24, 2.45) is 0 Å². The van der Waals surface area contributed by atoms with Crippen molar-refractivity contribution in [2.75, 3.05) is 13.1 Å². The first-order valence-corrected chi connectivity index (χ1v) is 27.4. The number of nitrogens with zero attached hydrogens (tertiary/aromatic N) is 6. The molecule has 0 unspecified atom stereocenters. The Labute approximate surface area is 415 Å². The average Bonchev–Trinajstić information content (AvgIpc) is 4.04. The van der Waals surface area contributed by atoms with E-state index in [-0.39, 0.29) is 23.6 Å². The molecule has 70 heavy (non-hydrogen) atoms. The number of aryl methyl sites for hydroxylation is 4. The smallest absolute Gasteiger partial charge is 0.261 e. The number of aromatic nitrogens is 4. The first-order chi connectivity index (χ1) is 34.4. The first kappa shape index (κ1) is 49.1. The van der Waals surface area contributed by atoms with E-state index in [0.29, 0.717) is 72.0 Å². The van der Waals surface area contributed by atoms with Crippen molar-refractivity contribution in [3.05, 3.63) is 108 Å². The van der Waals surface area contributed by atoms with Crippen LogP contribution in [0.25, 0.3) is 43.1 Å². The Balaban J connectivity index is 0.811. The van der Waals surface area contributed by atoms with E-state index in [1.54, 1.807) is 0 Å². The Morgan fingerprint density at radius 3 is 0.957 bits per heavy atom. The minimum Gasteiger partial charge on any atom is -0.274 e. The van der Waals surface area contributed by atoms with Gasteiger partial charge in [0, 0.05) is 59.0 Å². The molecule has 0 bridgehead atoms. The van der Waals surface area contributed by atoms with Crippen molar-refractivity contribution >= 4 is 66.7 Å². The number of amides is 4. The first-order valence-electron chi connectivity index (χ1n) is 27.4. The van der Waals surface area contributed by atoms with Crippen LogP contribution in [-0.4, -0.2) is 55.7 Å². The zero-order valence-electron chi connectivity index (χ0n) is 42.2. The monoisotopic (exact) mass is 945 g/mol. The van der Waals surface area contributed by atoms with Crippen molar-refractivity contribution in [2.45, 2.75) is 181 Å². The Hall–Kier alpha value is -5.90. The summed E-state index contributed by atoms with van der Waals surface area (Å²) in [5.41, 5.74) is 2.13. The third-order valence-corrected chi connectivity index (χ3v) is 15.4. The fourth-order valence-electron chi connectivity index (χ4n) is 11.6. The summed E-state index contributed by atoms with van der Waals surface area (Å²) in [7, 11) is 0. The van der Waals surface area contributed by atoms with Crippen molar-refractivity contribution in [3.63, 3.8) is 0 Å². The summed E-state index contributed by atoms with van der Waals surface area (Å²) in [5, 5.41) is 6.72. The molecule has 0 atom stereocenters. The summed E-state index contributed by atoms with van der Waals surface area (Å²) in [4.78, 5) is 59.7. The Kier molecular flexibility index (Phi) is 16.4. The molecule has 10 heteroatoms. The molecular weight excluding hydrogens is 869 g/mol. The van der Waals surface area contributed by atoms with Gasteiger partial charge in [-0.25, -0.2) is 18.3 Å². The van der Waals surface area contributed by atoms with Gasteiger partial charge in [-0.15, -0.1) is 0 Å². The number of carbonyl (C=O) groups is 4. The fraction of sp³-hybridized carbons (Fsp3) is 0.500. The van der Waals surface area contributed by atoms with Gasteiger partial charge in [0.05, 0.1) is 26.2 Å². The van der Waals surface area contributed by atoms with Crippen LogP contribution in [0, 0.1) is 0 Å². The number of unbranched alkanes of at least 4 members (excludes halogenated alkanes) is 18. The largest absolute Gasteiger partial charge is 0.274 e. The molecule has 10 nitrogen and oxygen atoms in total. The van der Waals surface area contributed by atoms with E-state index in [9.17, 15) is 19.2 Å². The second-order valence-corrected chi connectivity index (χ2v) is 20.5. The van der Waals surface area contributed by atoms with E-state index in [0.717, 1.165) is 45.4 Å². The number of fused-ring (bicyclic) bond motifs is 2. The molecule has 0 N–H and O–H groups in total. The third-order valence-electron chi connectivity index (χ3n) is 15.4. The topological polar surface area (TPSA) is 92.4 Å². The van der Waals surface area contributed by atoms with Gasteiger partial charge in [-0.2, -0.15) is 0 Å². The van der Waals surface area contributed by atoms with E-state index in [1.807, 2.05) is 48.5 Å². The maximum absolute atomic E-state index is 14.2. The van der Waals surface area contributed by atoms with Gasteiger partial charge in [0.25, 0.3) is 23.6 Å². The molecule has 0 aliphatic carbocycles. The van der Waals surface area contributed by atoms with Crippen LogP contribution in [0.3, 0.4) is 0 Å². The standard InChI is InChI=1S/C60H76N6O4/c1-3-5-7-9-11-13-15-17-19-21-33-61-39-41-63(43-61)35-23-37-65-57(67)49-29-25-45-47-27-31-51-56-52(32-28-48(54(47)56)46-26-30-50(58(65)68)55(49)53(45)46)60(70)66(59(51)69)38-24-36-64-42-40-62(44-64)34-22-20-18-16-14-12-10-8-6-4-2/h25-32,39-44H,3-24,33-38H2,1-2H3/q+2. The van der Waals surface area contributed by atoms with Crippen molar-refractivity contribution in [3.8, 4) is 0 Å². The predicted octanol–water partition coefficient (Wildman–Crippen LogP) is 13.1. The van der Waals surface area contributed by atoms with Crippen LogP contribution < -0.4 is 9.13 Å². The summed E-state index contributed by atoms with van der Waals surface area (Å²) in [6.07, 6.45) is 40.4. The van der Waals surface area contributed by atoms with Crippen LogP contribution in [0.15, 0.2) is 86.0 Å². The Morgan fingerprint density at radius 2 is 0.643 bits per heavy atom. The van der Waals surface area contributed by atoms with Gasteiger partial charge >= 0.3 is 0 Å². The Morgan fingerprint density at radius 1 is 0.343 bits per heavy atom. The number of rotatable bonds is 30. The van der Waals surface area contributed by atoms with Gasteiger partial charge in [0.2, 0.25) is 12.7 Å². The summed E-state index contributed by atoms with van der Waals surface area (Å²) in [5.74, 6) is -1.07. The third kappa shape index (κ3) is 10.6. The number of hydrogen-bond donors (Lipinski definition) is 0. The maximum atomic E-state index is 14.2. The van der Waals surface area contributed by atoms with Crippen LogP contribution in [-0.2, 0) is 26.2 Å². The molecule has 0 saturated heterocycles. The number of carbonyl (C=O) groups excluding carboxylic acids is 4. The second-order valence-electron chi connectivity index (χ2n) is 20.5. The van der Waals surface area contributed by atoms with E-state index >= 15 is 0 Å². The summed E-state index contributed by atoms with van der Waals surface area (Å²) < 4.78 is 8.79. The number of benzene rings is 5. The van der Waals surface area contributed by atoms with Gasteiger partial charge in [-0.05, 0) is 82.3 Å². The van der Waals surface area contributed by atoms with Crippen molar-refractivity contribution < 1.29 is 28.3 Å². The lowest BCUT2D eigenvalue weighted by molar-refractivity contribution is -0.696. The Bertz CT molecular complexity index is 2630. The van der Waals surface area contributed by atoms with Crippen LogP contribution >= 0.6 is 0 Å². The van der Waals surface area contributed by atoms with Gasteiger partial charge in [-0.1, -0.05) is 141 Å². The van der Waals surface area contributed by atoms with Crippen LogP contribution in [0.1, 0.15) is 197 Å². The summed E-state index contributed by atoms with van der Waals surface area (Å²) in [6, 6.07) is 15.4. The van der Waals surface area contributed by atoms with Crippen LogP contribution in [0.5, 0.6) is 0 Å². The van der Waals surface area contributed by atoms with E-state index in [1.165, 1.54) is 138 Å². The highest BCUT2D eigenvalue weighted by molar-refractivity contribution is 6.41. The van der Waals surface area contributed by atoms with Crippen LogP contribution in [0.2, 0.25) is 0 Å². The molecule has 0 spiro atoms. The number of hydrogen-bond acceptors (Lipinski definition) is 4. The van der Waals surface area contributed by atoms with Crippen molar-refractivity contribution in [1.29, 1.82) is 0 Å². The molecule has 2 aromatic heterocycles. The van der Waals surface area contributed by atoms with Gasteiger partial charge in [0.1, 0.15) is 24.8 Å². The SMILES string of the molecule is CCCCCCCCCCCCn1cc[n+](CCCN2C(=O)c3ccc4c5ccc6c7c(ccc(c8ccc(c3c48)C2=O)c75)C(=O)N(CCC[n+]2ccn(CCCCCCCCCCCC)c2)C6=O)c1. The van der Waals surface area contributed by atoms with Gasteiger partial charge < -0.3 is 0 Å². The lowest BCUT2D eigenvalue weighted by Crippen LogP contribution is -2.42. The zero-order chi connectivity index (χ0) is 48.4. The van der Waals surface area contributed by atoms with Gasteiger partial charge in [-0.3, -0.25) is 29.0 Å². The minimum absolute atomic E-state index is 0.266. The normalized spacial score (nSPS) is 13.8. The molecule has 368 valence electrons. The molecular formula is C60H76N6O4+2. The quantitative estimate of drug-likeness (QED) is 0.0148. The molecule has 0 radical (unpaired) electrons. The van der Waals surface area contributed by atoms with Crippen molar-refractivity contribution in [1.82, 2.24) is 18.9 Å². The molecule has 2 aliphatic rings. The molecule has 4 amide bonds. The van der Waals surface area contributed by atoms with Gasteiger partial charge in [0.15, 0.2) is 0 Å². The summed E-state index contributed by atoms with van der Waals surface area (Å²) >= 11 is 0. The molecule has 0 saturated carbocycles. The number of imide groups is 2. The zero-order valence-corrected chi connectivity index (χ0v) is 42.2. The molecule has 0 fully saturated rings. The molecule has 9 rings (SSSR count). The predicted molar refractivity (Wildman–Crippen MR) is 281 cm³/mol. The maximum Gasteiger partial charge on any atom is 0.261 e. The highest BCUT2D eigenvalue weighted by Crippen LogP contribution is 2.46. The average molecular weight is 945 g/mol. The molecule has 7 aromatic rings. The lowest BCUT2D eigenvalue weighted by Gasteiger charge is -2.30. The molecule has 4 heterocycles. The molecule has 5 aromatic carbocycles. The lowest BCUT2D eigenvalue weighted by atomic mass is 9.82. The van der Waals surface area contributed by atoms with Crippen LogP contribution in [0.4, 0.5) is 0 Å². The highest BCUT2D eigenvalue weighted by Gasteiger charge is 2.37. The highest BCUT2D eigenvalue weighted by atomic mass is 16.2. The fourth-order valence-corrected chi connectivity index (χ4v) is 11.6. The molecule has 2 aliphatic heterocycles. The van der Waals surface area contributed by atoms with E-state index in [2.05, 4.69) is 69.6 Å². The van der Waals surface area contributed by atoms with E-state index < -0.39 is 0 Å².